The number of nitrogens with two attached hydrogens (primary N) is 2. The average molecular weight is 527 g/mol. The van der Waals surface area contributed by atoms with E-state index in [1.54, 1.807) is 0 Å². The summed E-state index contributed by atoms with van der Waals surface area (Å²) in [5, 5.41) is 16.8. The van der Waals surface area contributed by atoms with E-state index in [0.717, 1.165) is 25.7 Å². The van der Waals surface area contributed by atoms with Gasteiger partial charge >= 0.3 is 0 Å². The molecule has 0 atom stereocenters. The highest BCUT2D eigenvalue weighted by Gasteiger charge is 2.23. The number of halogens is 3. The van der Waals surface area contributed by atoms with Crippen LogP contribution in [0.1, 0.15) is 65.4 Å². The quantitative estimate of drug-likeness (QED) is 0.208. The van der Waals surface area contributed by atoms with E-state index < -0.39 is 5.82 Å². The third-order valence-electron chi connectivity index (χ3n) is 5.54. The van der Waals surface area contributed by atoms with E-state index in [1.807, 2.05) is 32.6 Å². The molecule has 1 aromatic carbocycles. The van der Waals surface area contributed by atoms with Crippen molar-refractivity contribution in [3.63, 3.8) is 0 Å². The zero-order chi connectivity index (χ0) is 26.5. The summed E-state index contributed by atoms with van der Waals surface area (Å²) in [4.78, 5) is 10.2. The molecule has 1 aliphatic carbocycles. The number of benzene rings is 1. The van der Waals surface area contributed by atoms with Crippen molar-refractivity contribution in [2.45, 2.75) is 66.3 Å². The van der Waals surface area contributed by atoms with Gasteiger partial charge in [-0.1, -0.05) is 70.2 Å². The molecule has 0 radical (unpaired) electrons. The number of nitrogens with zero attached hydrogens (tertiary/aromatic N) is 3. The molecule has 0 bridgehead atoms. The molecule has 10 heteroatoms. The summed E-state index contributed by atoms with van der Waals surface area (Å²) in [7, 11) is 0. The molecule has 2 aliphatic rings. The maximum Gasteiger partial charge on any atom is 0.171 e. The summed E-state index contributed by atoms with van der Waals surface area (Å²) >= 11 is 12.3. The van der Waals surface area contributed by atoms with Gasteiger partial charge in [0, 0.05) is 29.6 Å². The van der Waals surface area contributed by atoms with Crippen molar-refractivity contribution in [3.05, 3.63) is 45.3 Å². The number of hydrogen-bond donors (Lipinski definition) is 4. The predicted molar refractivity (Wildman–Crippen MR) is 148 cm³/mol. The van der Waals surface area contributed by atoms with E-state index in [2.05, 4.69) is 9.98 Å². The van der Waals surface area contributed by atoms with Gasteiger partial charge in [0.05, 0.1) is 17.3 Å². The first kappa shape index (κ1) is 30.6. The van der Waals surface area contributed by atoms with Gasteiger partial charge in [-0.15, -0.1) is 0 Å². The molecule has 35 heavy (non-hydrogen) atoms. The van der Waals surface area contributed by atoms with Gasteiger partial charge in [0.2, 0.25) is 0 Å². The molecule has 1 heterocycles. The zero-order valence-corrected chi connectivity index (χ0v) is 22.6. The van der Waals surface area contributed by atoms with Crippen LogP contribution in [0.25, 0.3) is 0 Å². The normalized spacial score (nSPS) is 17.6. The van der Waals surface area contributed by atoms with E-state index in [0.29, 0.717) is 35.2 Å². The van der Waals surface area contributed by atoms with Crippen molar-refractivity contribution in [3.8, 4) is 0 Å². The summed E-state index contributed by atoms with van der Waals surface area (Å²) in [5.74, 6) is -0.0300. The lowest BCUT2D eigenvalue weighted by atomic mass is 9.88. The molecule has 7 nitrogen and oxygen atoms in total. The molecule has 0 unspecified atom stereocenters. The molecule has 3 rings (SSSR count). The van der Waals surface area contributed by atoms with E-state index in [1.165, 1.54) is 24.6 Å². The molecular formula is C25H38Cl2FN7. The third kappa shape index (κ3) is 8.61. The molecule has 1 aromatic rings. The van der Waals surface area contributed by atoms with Crippen LogP contribution in [0.5, 0.6) is 0 Å². The van der Waals surface area contributed by atoms with E-state index >= 15 is 0 Å². The third-order valence-corrected chi connectivity index (χ3v) is 6.31. The lowest BCUT2D eigenvalue weighted by molar-refractivity contribution is 0.352. The first-order valence-corrected chi connectivity index (χ1v) is 12.9. The number of nitrogens with one attached hydrogen (secondary N) is 2. The Bertz CT molecular complexity index is 967. The fraction of sp³-hybridized carbons (Fsp3) is 0.520. The van der Waals surface area contributed by atoms with Gasteiger partial charge in [-0.3, -0.25) is 15.8 Å². The molecule has 1 aliphatic heterocycles. The van der Waals surface area contributed by atoms with Crippen molar-refractivity contribution in [2.24, 2.45) is 27.4 Å². The Morgan fingerprint density at radius 1 is 1.17 bits per heavy atom. The van der Waals surface area contributed by atoms with Crippen molar-refractivity contribution in [1.82, 2.24) is 4.90 Å². The Labute approximate surface area is 218 Å². The van der Waals surface area contributed by atoms with Crippen LogP contribution in [-0.4, -0.2) is 41.2 Å². The summed E-state index contributed by atoms with van der Waals surface area (Å²) < 4.78 is 13.9. The minimum absolute atomic E-state index is 0.0550. The van der Waals surface area contributed by atoms with Crippen LogP contribution in [0.3, 0.4) is 0 Å². The molecular weight excluding hydrogens is 488 g/mol. The Kier molecular flexibility index (Phi) is 13.6. The van der Waals surface area contributed by atoms with Crippen LogP contribution in [-0.2, 0) is 6.54 Å². The Morgan fingerprint density at radius 3 is 2.43 bits per heavy atom. The maximum atomic E-state index is 13.9. The van der Waals surface area contributed by atoms with Crippen LogP contribution in [0.4, 0.5) is 4.39 Å². The minimum Gasteiger partial charge on any atom is -0.387 e. The van der Waals surface area contributed by atoms with Gasteiger partial charge in [0.25, 0.3) is 0 Å². The van der Waals surface area contributed by atoms with Crippen LogP contribution < -0.4 is 11.5 Å². The second kappa shape index (κ2) is 15.5. The van der Waals surface area contributed by atoms with Gasteiger partial charge in [0.15, 0.2) is 5.84 Å². The maximum absolute atomic E-state index is 13.9. The molecule has 0 amide bonds. The van der Waals surface area contributed by atoms with E-state index in [9.17, 15) is 4.39 Å². The second-order valence-electron chi connectivity index (χ2n) is 7.67. The molecule has 194 valence electrons. The Morgan fingerprint density at radius 2 is 1.80 bits per heavy atom. The first-order chi connectivity index (χ1) is 16.8. The highest BCUT2D eigenvalue weighted by Crippen LogP contribution is 2.30. The zero-order valence-electron chi connectivity index (χ0n) is 21.1. The Hall–Kier alpha value is -2.45. The molecule has 0 spiro atoms. The molecule has 1 saturated carbocycles. The van der Waals surface area contributed by atoms with E-state index in [-0.39, 0.29) is 34.9 Å². The number of amidine groups is 3. The lowest BCUT2D eigenvalue weighted by Gasteiger charge is -2.30. The van der Waals surface area contributed by atoms with E-state index in [4.69, 9.17) is 45.5 Å². The monoisotopic (exact) mass is 525 g/mol. The fourth-order valence-electron chi connectivity index (χ4n) is 3.77. The summed E-state index contributed by atoms with van der Waals surface area (Å²) in [6.07, 6.45) is 6.74. The first-order valence-electron chi connectivity index (χ1n) is 12.2. The van der Waals surface area contributed by atoms with Crippen molar-refractivity contribution >= 4 is 46.4 Å². The largest absolute Gasteiger partial charge is 0.387 e. The highest BCUT2D eigenvalue weighted by molar-refractivity contribution is 6.45. The van der Waals surface area contributed by atoms with Crippen LogP contribution in [0, 0.1) is 22.6 Å². The second-order valence-corrected chi connectivity index (χ2v) is 8.46. The van der Waals surface area contributed by atoms with Crippen LogP contribution >= 0.6 is 23.2 Å². The van der Waals surface area contributed by atoms with Crippen LogP contribution in [0.2, 0.25) is 10.0 Å². The van der Waals surface area contributed by atoms with Gasteiger partial charge in [-0.2, -0.15) is 0 Å². The smallest absolute Gasteiger partial charge is 0.171 e. The van der Waals surface area contributed by atoms with Gasteiger partial charge in [-0.25, -0.2) is 9.38 Å². The lowest BCUT2D eigenvalue weighted by Crippen LogP contribution is -2.38. The van der Waals surface area contributed by atoms with Crippen molar-refractivity contribution in [1.29, 1.82) is 10.8 Å². The summed E-state index contributed by atoms with van der Waals surface area (Å²) in [5.41, 5.74) is 12.9. The number of aliphatic imine (C=N–C) groups is 2. The van der Waals surface area contributed by atoms with Crippen LogP contribution in [0.15, 0.2) is 33.9 Å². The van der Waals surface area contributed by atoms with Gasteiger partial charge < -0.3 is 16.4 Å². The molecule has 0 saturated heterocycles. The number of rotatable bonds is 5. The Balaban J connectivity index is 0.00000145. The van der Waals surface area contributed by atoms with Gasteiger partial charge in [-0.05, 0) is 31.1 Å². The standard InChI is InChI=1S/C21H26Cl2FN7.2C2H6/c22-14-6-7-15(24)18(23)13(14)11-31-9-8-29-21(28)17(31)10-16(25)20(27)30-19(26)12-4-2-1-3-5-12;2*1-2/h6-7,10,12,25H,1-5,8-9,11H2,(H2,28,29)(H3,26,27,30);2*1-2H3/b17-10+,25-16?;;. The van der Waals surface area contributed by atoms with Crippen molar-refractivity contribution < 1.29 is 4.39 Å². The highest BCUT2D eigenvalue weighted by atomic mass is 35.5. The molecule has 0 aromatic heterocycles. The number of hydrogen-bond acceptors (Lipinski definition) is 5. The molecule has 1 fully saturated rings. The minimum atomic E-state index is -0.563. The van der Waals surface area contributed by atoms with Crippen molar-refractivity contribution in [2.75, 3.05) is 13.1 Å². The van der Waals surface area contributed by atoms with Gasteiger partial charge in [0.1, 0.15) is 23.2 Å². The SMILES string of the molecule is CC.CC.N=C(/C=C1\C(N)=NCCN1Cc1c(Cl)ccc(F)c1Cl)C(=N)N=C(N)C1CCCCC1. The summed E-state index contributed by atoms with van der Waals surface area (Å²) in [6, 6.07) is 2.66. The predicted octanol–water partition coefficient (Wildman–Crippen LogP) is 6.18. The average Bonchev–Trinajstić information content (AvgIpc) is 2.88. The topological polar surface area (TPSA) is 128 Å². The molecule has 6 N–H and O–H groups in total. The fourth-order valence-corrected chi connectivity index (χ4v) is 4.26. The summed E-state index contributed by atoms with van der Waals surface area (Å²) in [6.45, 7) is 9.10.